The van der Waals surface area contributed by atoms with Gasteiger partial charge in [-0.2, -0.15) is 0 Å². The van der Waals surface area contributed by atoms with E-state index in [1.807, 2.05) is 35.6 Å². The van der Waals surface area contributed by atoms with Gasteiger partial charge in [0, 0.05) is 29.8 Å². The van der Waals surface area contributed by atoms with E-state index >= 15 is 0 Å². The Hall–Kier alpha value is -1.61. The molecule has 0 radical (unpaired) electrons. The van der Waals surface area contributed by atoms with Crippen molar-refractivity contribution in [2.75, 3.05) is 13.6 Å². The third-order valence-corrected chi connectivity index (χ3v) is 5.04. The van der Waals surface area contributed by atoms with E-state index in [1.54, 1.807) is 7.05 Å². The van der Waals surface area contributed by atoms with Crippen LogP contribution < -0.4 is 10.6 Å². The quantitative estimate of drug-likeness (QED) is 0.293. The number of thiophene rings is 1. The Bertz CT molecular complexity index is 791. The number of fused-ring (bicyclic) bond motifs is 1. The van der Waals surface area contributed by atoms with Crippen LogP contribution in [0.15, 0.2) is 41.4 Å². The molecule has 2 heterocycles. The molecule has 0 spiro atoms. The van der Waals surface area contributed by atoms with Gasteiger partial charge in [-0.05, 0) is 30.7 Å². The Kier molecular flexibility index (Phi) is 7.70. The number of guanidine groups is 1. The van der Waals surface area contributed by atoms with Crippen LogP contribution in [0, 0.1) is 0 Å². The lowest BCUT2D eigenvalue weighted by molar-refractivity contribution is 0.780. The van der Waals surface area contributed by atoms with Crippen LogP contribution in [0.3, 0.4) is 0 Å². The van der Waals surface area contributed by atoms with E-state index in [2.05, 4.69) is 44.7 Å². The minimum Gasteiger partial charge on any atom is -0.356 e. The Morgan fingerprint density at radius 1 is 1.16 bits per heavy atom. The summed E-state index contributed by atoms with van der Waals surface area (Å²) in [5.41, 5.74) is 2.10. The smallest absolute Gasteiger partial charge is 0.191 e. The van der Waals surface area contributed by atoms with Crippen LogP contribution in [-0.4, -0.2) is 29.5 Å². The van der Waals surface area contributed by atoms with E-state index in [0.29, 0.717) is 0 Å². The van der Waals surface area contributed by atoms with Crippen LogP contribution in [0.25, 0.3) is 11.0 Å². The van der Waals surface area contributed by atoms with E-state index in [0.717, 1.165) is 48.7 Å². The van der Waals surface area contributed by atoms with E-state index < -0.39 is 0 Å². The monoisotopic (exact) mass is 469 g/mol. The zero-order valence-electron chi connectivity index (χ0n) is 14.5. The number of benzene rings is 1. The van der Waals surface area contributed by atoms with Crippen molar-refractivity contribution in [3.63, 3.8) is 0 Å². The summed E-state index contributed by atoms with van der Waals surface area (Å²) in [6.45, 7) is 3.76. The van der Waals surface area contributed by atoms with Crippen molar-refractivity contribution in [3.05, 3.63) is 52.0 Å². The number of H-pyrrole nitrogens is 1. The highest BCUT2D eigenvalue weighted by atomic mass is 127. The van der Waals surface area contributed by atoms with Crippen molar-refractivity contribution in [1.82, 2.24) is 20.6 Å². The number of hydrogen-bond acceptors (Lipinski definition) is 3. The van der Waals surface area contributed by atoms with E-state index in [9.17, 15) is 0 Å². The molecule has 1 aromatic carbocycles. The lowest BCUT2D eigenvalue weighted by atomic mass is 10.3. The van der Waals surface area contributed by atoms with Gasteiger partial charge in [0.25, 0.3) is 0 Å². The summed E-state index contributed by atoms with van der Waals surface area (Å²) in [6.07, 6.45) is 1.92. The van der Waals surface area contributed by atoms with Gasteiger partial charge in [-0.25, -0.2) is 4.98 Å². The second-order valence-corrected chi connectivity index (χ2v) is 6.78. The maximum absolute atomic E-state index is 4.59. The highest BCUT2D eigenvalue weighted by Crippen LogP contribution is 2.16. The van der Waals surface area contributed by atoms with Crippen LogP contribution in [0.4, 0.5) is 0 Å². The van der Waals surface area contributed by atoms with Crippen molar-refractivity contribution in [3.8, 4) is 0 Å². The number of aromatic nitrogens is 2. The molecule has 3 rings (SSSR count). The predicted molar refractivity (Wildman–Crippen MR) is 117 cm³/mol. The summed E-state index contributed by atoms with van der Waals surface area (Å²) in [5.74, 6) is 1.81. The molecule has 134 valence electrons. The Morgan fingerprint density at radius 3 is 2.68 bits per heavy atom. The molecule has 2 aromatic heterocycles. The number of aryl methyl sites for hydroxylation is 1. The number of nitrogens with zero attached hydrogens (tertiary/aromatic N) is 2. The molecule has 0 saturated heterocycles. The standard InChI is InChI=1S/C18H23N5S.HI/c1-3-13-8-9-14(24-13)12-21-18(19-2)20-11-10-17-22-15-6-4-5-7-16(15)23-17;/h4-9H,3,10-12H2,1-2H3,(H,22,23)(H2,19,20,21);1H. The normalized spacial score (nSPS) is 11.4. The molecule has 0 unspecified atom stereocenters. The largest absolute Gasteiger partial charge is 0.356 e. The van der Waals surface area contributed by atoms with Gasteiger partial charge in [-0.3, -0.25) is 4.99 Å². The highest BCUT2D eigenvalue weighted by Gasteiger charge is 2.04. The number of hydrogen-bond donors (Lipinski definition) is 3. The van der Waals surface area contributed by atoms with Crippen molar-refractivity contribution in [2.24, 2.45) is 4.99 Å². The molecule has 0 aliphatic heterocycles. The second kappa shape index (κ2) is 9.76. The molecule has 0 aliphatic carbocycles. The van der Waals surface area contributed by atoms with Gasteiger partial charge in [0.1, 0.15) is 5.82 Å². The van der Waals surface area contributed by atoms with E-state index in [4.69, 9.17) is 0 Å². The molecule has 0 amide bonds. The molecule has 0 atom stereocenters. The van der Waals surface area contributed by atoms with Gasteiger partial charge in [-0.15, -0.1) is 35.3 Å². The van der Waals surface area contributed by atoms with Gasteiger partial charge in [0.15, 0.2) is 5.96 Å². The van der Waals surface area contributed by atoms with Crippen LogP contribution >= 0.6 is 35.3 Å². The first-order valence-electron chi connectivity index (χ1n) is 8.24. The Balaban J connectivity index is 0.00000225. The summed E-state index contributed by atoms with van der Waals surface area (Å²) in [6, 6.07) is 12.5. The summed E-state index contributed by atoms with van der Waals surface area (Å²) >= 11 is 1.85. The SMILES string of the molecule is CCc1ccc(CNC(=NC)NCCc2nc3ccccc3[nH]2)s1.I. The highest BCUT2D eigenvalue weighted by molar-refractivity contribution is 14.0. The average molecular weight is 469 g/mol. The molecule has 0 aliphatic rings. The lowest BCUT2D eigenvalue weighted by Crippen LogP contribution is -2.37. The van der Waals surface area contributed by atoms with E-state index in [1.165, 1.54) is 9.75 Å². The first kappa shape index (κ1) is 19.7. The van der Waals surface area contributed by atoms with Crippen LogP contribution in [-0.2, 0) is 19.4 Å². The molecule has 25 heavy (non-hydrogen) atoms. The number of para-hydroxylation sites is 2. The minimum atomic E-state index is 0. The first-order valence-corrected chi connectivity index (χ1v) is 9.06. The van der Waals surface area contributed by atoms with Crippen LogP contribution in [0.5, 0.6) is 0 Å². The van der Waals surface area contributed by atoms with Crippen LogP contribution in [0.1, 0.15) is 22.5 Å². The number of aromatic amines is 1. The summed E-state index contributed by atoms with van der Waals surface area (Å²) < 4.78 is 0. The number of aliphatic imine (C=N–C) groups is 1. The Labute approximate surface area is 169 Å². The molecule has 7 heteroatoms. The summed E-state index contributed by atoms with van der Waals surface area (Å²) in [4.78, 5) is 14.9. The molecule has 0 bridgehead atoms. The van der Waals surface area contributed by atoms with Gasteiger partial charge >= 0.3 is 0 Å². The van der Waals surface area contributed by atoms with Crippen molar-refractivity contribution < 1.29 is 0 Å². The fraction of sp³-hybridized carbons (Fsp3) is 0.333. The molecule has 3 N–H and O–H groups in total. The van der Waals surface area contributed by atoms with Crippen molar-refractivity contribution in [2.45, 2.75) is 26.3 Å². The fourth-order valence-corrected chi connectivity index (χ4v) is 3.42. The van der Waals surface area contributed by atoms with Crippen molar-refractivity contribution in [1.29, 1.82) is 0 Å². The molecular formula is C18H24IN5S. The number of rotatable bonds is 6. The number of imidazole rings is 1. The second-order valence-electron chi connectivity index (χ2n) is 5.52. The fourth-order valence-electron chi connectivity index (χ4n) is 2.52. The molecular weight excluding hydrogens is 445 g/mol. The molecule has 0 saturated carbocycles. The summed E-state index contributed by atoms with van der Waals surface area (Å²) in [7, 11) is 1.79. The maximum atomic E-state index is 4.59. The van der Waals surface area contributed by atoms with Crippen molar-refractivity contribution >= 4 is 52.3 Å². The molecule has 0 fully saturated rings. The molecule has 5 nitrogen and oxygen atoms in total. The van der Waals surface area contributed by atoms with E-state index in [-0.39, 0.29) is 24.0 Å². The number of nitrogens with one attached hydrogen (secondary N) is 3. The first-order chi connectivity index (χ1) is 11.8. The maximum Gasteiger partial charge on any atom is 0.191 e. The van der Waals surface area contributed by atoms with Gasteiger partial charge in [0.05, 0.1) is 17.6 Å². The van der Waals surface area contributed by atoms with Gasteiger partial charge < -0.3 is 15.6 Å². The third-order valence-electron chi connectivity index (χ3n) is 3.81. The minimum absolute atomic E-state index is 0. The third kappa shape index (κ3) is 5.43. The Morgan fingerprint density at radius 2 is 1.96 bits per heavy atom. The predicted octanol–water partition coefficient (Wildman–Crippen LogP) is 3.71. The van der Waals surface area contributed by atoms with Crippen LogP contribution in [0.2, 0.25) is 0 Å². The zero-order chi connectivity index (χ0) is 16.8. The number of halogens is 1. The average Bonchev–Trinajstić information content (AvgIpc) is 3.23. The lowest BCUT2D eigenvalue weighted by Gasteiger charge is -2.10. The zero-order valence-corrected chi connectivity index (χ0v) is 17.7. The van der Waals surface area contributed by atoms with Gasteiger partial charge in [0.2, 0.25) is 0 Å². The summed E-state index contributed by atoms with van der Waals surface area (Å²) in [5, 5.41) is 6.69. The topological polar surface area (TPSA) is 65.1 Å². The van der Waals surface area contributed by atoms with Gasteiger partial charge in [-0.1, -0.05) is 19.1 Å². The molecule has 3 aromatic rings.